The summed E-state index contributed by atoms with van der Waals surface area (Å²) in [6.07, 6.45) is 4.22. The maximum Gasteiger partial charge on any atom is 0.132 e. The molecule has 1 heterocycles. The summed E-state index contributed by atoms with van der Waals surface area (Å²) < 4.78 is 0. The maximum absolute atomic E-state index is 11.2. The van der Waals surface area contributed by atoms with Crippen LogP contribution in [0.5, 0.6) is 0 Å². The highest BCUT2D eigenvalue weighted by atomic mass is 35.5. The SMILES string of the molecule is CON=C(C)C(O)(CCc1ccc(Cl)cc1Cl)c1cccnc1. The number of halogens is 2. The molecule has 1 N–H and O–H groups in total. The molecule has 0 saturated heterocycles. The number of nitrogens with zero attached hydrogens (tertiary/aromatic N) is 2. The van der Waals surface area contributed by atoms with Gasteiger partial charge in [-0.3, -0.25) is 4.98 Å². The van der Waals surface area contributed by atoms with E-state index in [-0.39, 0.29) is 0 Å². The van der Waals surface area contributed by atoms with Crippen molar-refractivity contribution in [3.63, 3.8) is 0 Å². The number of rotatable bonds is 6. The van der Waals surface area contributed by atoms with Crippen LogP contribution in [-0.4, -0.2) is 22.9 Å². The number of aromatic nitrogens is 1. The van der Waals surface area contributed by atoms with Gasteiger partial charge in [0.1, 0.15) is 12.7 Å². The van der Waals surface area contributed by atoms with E-state index in [4.69, 9.17) is 28.0 Å². The normalized spacial score (nSPS) is 14.4. The third-order valence-electron chi connectivity index (χ3n) is 3.74. The molecule has 0 spiro atoms. The molecule has 122 valence electrons. The summed E-state index contributed by atoms with van der Waals surface area (Å²) in [5.74, 6) is 0. The van der Waals surface area contributed by atoms with Crippen LogP contribution in [0.4, 0.5) is 0 Å². The molecule has 0 aliphatic heterocycles. The van der Waals surface area contributed by atoms with Gasteiger partial charge in [-0.1, -0.05) is 40.5 Å². The molecule has 0 saturated carbocycles. The van der Waals surface area contributed by atoms with Crippen LogP contribution in [0.1, 0.15) is 24.5 Å². The first-order valence-corrected chi connectivity index (χ1v) is 7.88. The minimum atomic E-state index is -1.28. The van der Waals surface area contributed by atoms with Gasteiger partial charge in [0.25, 0.3) is 0 Å². The lowest BCUT2D eigenvalue weighted by Crippen LogP contribution is -2.35. The predicted molar refractivity (Wildman–Crippen MR) is 93.0 cm³/mol. The molecule has 4 nitrogen and oxygen atoms in total. The zero-order valence-electron chi connectivity index (χ0n) is 13.0. The molecule has 1 aromatic heterocycles. The van der Waals surface area contributed by atoms with Crippen LogP contribution in [0, 0.1) is 0 Å². The van der Waals surface area contributed by atoms with Crippen LogP contribution < -0.4 is 0 Å². The molecule has 0 radical (unpaired) electrons. The number of aliphatic hydroxyl groups is 1. The van der Waals surface area contributed by atoms with E-state index < -0.39 is 5.60 Å². The molecule has 1 aromatic carbocycles. The van der Waals surface area contributed by atoms with Crippen molar-refractivity contribution < 1.29 is 9.94 Å². The Bertz CT molecular complexity index is 692. The molecule has 23 heavy (non-hydrogen) atoms. The Morgan fingerprint density at radius 2 is 2.13 bits per heavy atom. The van der Waals surface area contributed by atoms with Crippen molar-refractivity contribution >= 4 is 28.9 Å². The molecule has 1 atom stereocenters. The third kappa shape index (κ3) is 4.22. The maximum atomic E-state index is 11.2. The summed E-state index contributed by atoms with van der Waals surface area (Å²) >= 11 is 12.1. The Labute approximate surface area is 145 Å². The Kier molecular flexibility index (Phi) is 5.99. The standard InChI is InChI=1S/C17H18Cl2N2O2/c1-12(21-23-2)17(22,14-4-3-9-20-11-14)8-7-13-5-6-15(18)10-16(13)19/h3-6,9-11,22H,7-8H2,1-2H3. The highest BCUT2D eigenvalue weighted by molar-refractivity contribution is 6.35. The second-order valence-electron chi connectivity index (χ2n) is 5.20. The Hall–Kier alpha value is -1.62. The van der Waals surface area contributed by atoms with Crippen LogP contribution >= 0.6 is 23.2 Å². The quantitative estimate of drug-likeness (QED) is 0.625. The molecule has 0 amide bonds. The monoisotopic (exact) mass is 352 g/mol. The van der Waals surface area contributed by atoms with Gasteiger partial charge in [-0.2, -0.15) is 0 Å². The number of aryl methyl sites for hydroxylation is 1. The topological polar surface area (TPSA) is 54.7 Å². The zero-order chi connectivity index (χ0) is 16.9. The highest BCUT2D eigenvalue weighted by Crippen LogP contribution is 2.30. The predicted octanol–water partition coefficient (Wildman–Crippen LogP) is 4.23. The number of hydrogen-bond acceptors (Lipinski definition) is 4. The molecular weight excluding hydrogens is 335 g/mol. The van der Waals surface area contributed by atoms with E-state index in [1.165, 1.54) is 7.11 Å². The first-order chi connectivity index (χ1) is 11.0. The van der Waals surface area contributed by atoms with Gasteiger partial charge in [0.05, 0.1) is 5.71 Å². The molecule has 0 aliphatic rings. The lowest BCUT2D eigenvalue weighted by molar-refractivity contribution is 0.0923. The van der Waals surface area contributed by atoms with E-state index in [0.29, 0.717) is 34.2 Å². The zero-order valence-corrected chi connectivity index (χ0v) is 14.5. The lowest BCUT2D eigenvalue weighted by Gasteiger charge is -2.28. The van der Waals surface area contributed by atoms with Gasteiger partial charge in [-0.25, -0.2) is 0 Å². The van der Waals surface area contributed by atoms with Gasteiger partial charge in [0.15, 0.2) is 0 Å². The summed E-state index contributed by atoms with van der Waals surface area (Å²) in [6, 6.07) is 8.91. The van der Waals surface area contributed by atoms with Crippen molar-refractivity contribution in [2.45, 2.75) is 25.4 Å². The summed E-state index contributed by atoms with van der Waals surface area (Å²) in [5.41, 5.74) is 0.734. The van der Waals surface area contributed by atoms with Crippen LogP contribution in [0.15, 0.2) is 47.9 Å². The van der Waals surface area contributed by atoms with Crippen LogP contribution in [-0.2, 0) is 16.9 Å². The highest BCUT2D eigenvalue weighted by Gasteiger charge is 2.33. The van der Waals surface area contributed by atoms with Crippen molar-refractivity contribution in [3.05, 3.63) is 63.9 Å². The number of hydrogen-bond donors (Lipinski definition) is 1. The van der Waals surface area contributed by atoms with E-state index in [2.05, 4.69) is 10.1 Å². The summed E-state index contributed by atoms with van der Waals surface area (Å²) in [6.45, 7) is 1.72. The summed E-state index contributed by atoms with van der Waals surface area (Å²) in [5, 5.41) is 16.2. The van der Waals surface area contributed by atoms with E-state index in [0.717, 1.165) is 5.56 Å². The van der Waals surface area contributed by atoms with Crippen LogP contribution in [0.25, 0.3) is 0 Å². The van der Waals surface area contributed by atoms with Crippen molar-refractivity contribution in [1.29, 1.82) is 0 Å². The van der Waals surface area contributed by atoms with Gasteiger partial charge in [-0.05, 0) is 43.5 Å². The van der Waals surface area contributed by atoms with E-state index >= 15 is 0 Å². The van der Waals surface area contributed by atoms with Crippen molar-refractivity contribution in [2.24, 2.45) is 5.16 Å². The Morgan fingerprint density at radius 1 is 1.35 bits per heavy atom. The Balaban J connectivity index is 2.30. The van der Waals surface area contributed by atoms with Crippen molar-refractivity contribution in [3.8, 4) is 0 Å². The fourth-order valence-electron chi connectivity index (χ4n) is 2.39. The lowest BCUT2D eigenvalue weighted by atomic mass is 9.85. The van der Waals surface area contributed by atoms with Crippen LogP contribution in [0.3, 0.4) is 0 Å². The second kappa shape index (κ2) is 7.77. The second-order valence-corrected chi connectivity index (χ2v) is 6.04. The Morgan fingerprint density at radius 3 is 2.74 bits per heavy atom. The van der Waals surface area contributed by atoms with Crippen molar-refractivity contribution in [2.75, 3.05) is 7.11 Å². The van der Waals surface area contributed by atoms with Crippen molar-refractivity contribution in [1.82, 2.24) is 4.98 Å². The minimum absolute atomic E-state index is 0.388. The molecule has 2 rings (SSSR count). The third-order valence-corrected chi connectivity index (χ3v) is 4.32. The van der Waals surface area contributed by atoms with Crippen LogP contribution in [0.2, 0.25) is 10.0 Å². The fraction of sp³-hybridized carbons (Fsp3) is 0.294. The first kappa shape index (κ1) is 17.7. The smallest absolute Gasteiger partial charge is 0.132 e. The fourth-order valence-corrected chi connectivity index (χ4v) is 2.90. The summed E-state index contributed by atoms with van der Waals surface area (Å²) in [7, 11) is 1.45. The largest absolute Gasteiger partial charge is 0.399 e. The molecule has 0 aliphatic carbocycles. The molecule has 0 bridgehead atoms. The number of pyridine rings is 1. The number of oxime groups is 1. The van der Waals surface area contributed by atoms with Gasteiger partial charge in [-0.15, -0.1) is 0 Å². The molecule has 2 aromatic rings. The minimum Gasteiger partial charge on any atom is -0.399 e. The number of benzene rings is 1. The van der Waals surface area contributed by atoms with E-state index in [1.54, 1.807) is 37.5 Å². The molecule has 0 fully saturated rings. The van der Waals surface area contributed by atoms with E-state index in [1.807, 2.05) is 12.1 Å². The average Bonchev–Trinajstić information content (AvgIpc) is 2.54. The summed E-state index contributed by atoms with van der Waals surface area (Å²) in [4.78, 5) is 8.90. The first-order valence-electron chi connectivity index (χ1n) is 7.12. The van der Waals surface area contributed by atoms with Gasteiger partial charge < -0.3 is 9.94 Å². The molecule has 1 unspecified atom stereocenters. The van der Waals surface area contributed by atoms with Gasteiger partial charge in [0, 0.05) is 28.0 Å². The molecular formula is C17H18Cl2N2O2. The average molecular weight is 353 g/mol. The van der Waals surface area contributed by atoms with Gasteiger partial charge in [0.2, 0.25) is 0 Å². The van der Waals surface area contributed by atoms with Gasteiger partial charge >= 0.3 is 0 Å². The molecule has 6 heteroatoms. The van der Waals surface area contributed by atoms with E-state index in [9.17, 15) is 5.11 Å².